The Balaban J connectivity index is 0.00000242. The number of amides is 1. The van der Waals surface area contributed by atoms with Crippen LogP contribution in [0, 0.1) is 5.92 Å². The van der Waals surface area contributed by atoms with Crippen molar-refractivity contribution in [3.05, 3.63) is 35.9 Å². The minimum atomic E-state index is -0.172. The fourth-order valence-electron chi connectivity index (χ4n) is 3.07. The van der Waals surface area contributed by atoms with Crippen LogP contribution in [0.3, 0.4) is 0 Å². The Labute approximate surface area is 140 Å². The highest BCUT2D eigenvalue weighted by molar-refractivity contribution is 5.85. The van der Waals surface area contributed by atoms with Crippen LogP contribution >= 0.6 is 12.4 Å². The summed E-state index contributed by atoms with van der Waals surface area (Å²) in [5.74, 6) is 0.285. The maximum absolute atomic E-state index is 12.4. The van der Waals surface area contributed by atoms with Gasteiger partial charge in [0.2, 0.25) is 5.91 Å². The molecule has 1 aliphatic carbocycles. The molecule has 0 aliphatic heterocycles. The topological polar surface area (TPSA) is 55.1 Å². The summed E-state index contributed by atoms with van der Waals surface area (Å²) in [5, 5.41) is 3.22. The van der Waals surface area contributed by atoms with Gasteiger partial charge in [-0.15, -0.1) is 12.4 Å². The van der Waals surface area contributed by atoms with Gasteiger partial charge in [-0.1, -0.05) is 36.8 Å². The third-order valence-corrected chi connectivity index (χ3v) is 4.43. The monoisotopic (exact) mass is 324 g/mol. The highest BCUT2D eigenvalue weighted by Gasteiger charge is 2.29. The van der Waals surface area contributed by atoms with E-state index in [4.69, 9.17) is 5.73 Å². The van der Waals surface area contributed by atoms with Crippen LogP contribution in [0.25, 0.3) is 0 Å². The Kier molecular flexibility index (Phi) is 7.37. The van der Waals surface area contributed by atoms with Crippen molar-refractivity contribution in [3.63, 3.8) is 0 Å². The molecule has 0 aromatic heterocycles. The number of carbonyl (C=O) groups is 1. The number of halogens is 1. The van der Waals surface area contributed by atoms with Crippen molar-refractivity contribution >= 4 is 18.3 Å². The summed E-state index contributed by atoms with van der Waals surface area (Å²) in [5.41, 5.74) is 7.13. The lowest BCUT2D eigenvalue weighted by molar-refractivity contribution is -0.127. The van der Waals surface area contributed by atoms with Crippen LogP contribution in [0.5, 0.6) is 0 Å². The molecule has 2 rings (SSSR count). The van der Waals surface area contributed by atoms with E-state index in [1.54, 1.807) is 0 Å². The highest BCUT2D eigenvalue weighted by Crippen LogP contribution is 2.24. The normalized spacial score (nSPS) is 21.8. The fraction of sp³-hybridized carbons (Fsp3) is 0.611. The number of nitrogens with two attached hydrogens (primary N) is 1. The zero-order valence-electron chi connectivity index (χ0n) is 13.7. The fourth-order valence-corrected chi connectivity index (χ4v) is 3.07. The lowest BCUT2D eigenvalue weighted by Gasteiger charge is -2.31. The summed E-state index contributed by atoms with van der Waals surface area (Å²) in [6.07, 6.45) is 5.87. The van der Waals surface area contributed by atoms with Gasteiger partial charge in [-0.25, -0.2) is 0 Å². The molecule has 124 valence electrons. The molecule has 1 aromatic carbocycles. The average Bonchev–Trinajstić information content (AvgIpc) is 2.46. The Morgan fingerprint density at radius 1 is 1.27 bits per heavy atom. The van der Waals surface area contributed by atoms with Crippen molar-refractivity contribution in [1.29, 1.82) is 0 Å². The van der Waals surface area contributed by atoms with Crippen LogP contribution in [-0.2, 0) is 11.2 Å². The Bertz CT molecular complexity index is 461. The predicted molar refractivity (Wildman–Crippen MR) is 94.2 cm³/mol. The number of aryl methyl sites for hydroxylation is 1. The predicted octanol–water partition coefficient (Wildman–Crippen LogP) is 3.45. The van der Waals surface area contributed by atoms with Gasteiger partial charge < -0.3 is 11.1 Å². The van der Waals surface area contributed by atoms with E-state index < -0.39 is 0 Å². The lowest BCUT2D eigenvalue weighted by atomic mass is 9.84. The van der Waals surface area contributed by atoms with Crippen molar-refractivity contribution in [2.45, 2.75) is 64.0 Å². The Hall–Kier alpha value is -1.06. The van der Waals surface area contributed by atoms with Gasteiger partial charge in [0.15, 0.2) is 0 Å². The van der Waals surface area contributed by atoms with Gasteiger partial charge in [0, 0.05) is 17.5 Å². The van der Waals surface area contributed by atoms with Gasteiger partial charge in [-0.2, -0.15) is 0 Å². The molecule has 1 aromatic rings. The molecule has 0 saturated heterocycles. The summed E-state index contributed by atoms with van der Waals surface area (Å²) in [4.78, 5) is 12.4. The highest BCUT2D eigenvalue weighted by atomic mass is 35.5. The average molecular weight is 325 g/mol. The molecule has 1 amide bonds. The standard InChI is InChI=1S/C18H28N2O.ClH/c1-18(2,12-11-14-7-4-3-5-8-14)20-17(21)15-9-6-10-16(19)13-15;/h3-5,7-8,15-16H,6,9-13,19H2,1-2H3,(H,20,21);1H. The second-order valence-electron chi connectivity index (χ2n) is 6.98. The van der Waals surface area contributed by atoms with Crippen LogP contribution in [-0.4, -0.2) is 17.5 Å². The third-order valence-electron chi connectivity index (χ3n) is 4.43. The molecule has 4 heteroatoms. The van der Waals surface area contributed by atoms with E-state index in [-0.39, 0.29) is 35.8 Å². The van der Waals surface area contributed by atoms with Crippen molar-refractivity contribution in [3.8, 4) is 0 Å². The molecule has 22 heavy (non-hydrogen) atoms. The molecule has 1 aliphatic rings. The van der Waals surface area contributed by atoms with E-state index >= 15 is 0 Å². The minimum absolute atomic E-state index is 0. The van der Waals surface area contributed by atoms with Crippen molar-refractivity contribution < 1.29 is 4.79 Å². The minimum Gasteiger partial charge on any atom is -0.351 e. The maximum atomic E-state index is 12.4. The van der Waals surface area contributed by atoms with Crippen LogP contribution < -0.4 is 11.1 Å². The van der Waals surface area contributed by atoms with Gasteiger partial charge in [0.05, 0.1) is 0 Å². The number of hydrogen-bond donors (Lipinski definition) is 2. The van der Waals surface area contributed by atoms with E-state index in [2.05, 4.69) is 43.4 Å². The first-order chi connectivity index (χ1) is 9.96. The molecule has 3 nitrogen and oxygen atoms in total. The SMILES string of the molecule is CC(C)(CCc1ccccc1)NC(=O)C1CCCC(N)C1.Cl. The zero-order valence-corrected chi connectivity index (χ0v) is 14.5. The van der Waals surface area contributed by atoms with Crippen LogP contribution in [0.4, 0.5) is 0 Å². The Morgan fingerprint density at radius 2 is 1.95 bits per heavy atom. The molecule has 2 unspecified atom stereocenters. The van der Waals surface area contributed by atoms with Crippen LogP contribution in [0.1, 0.15) is 51.5 Å². The first-order valence-electron chi connectivity index (χ1n) is 8.08. The van der Waals surface area contributed by atoms with E-state index in [9.17, 15) is 4.79 Å². The molecule has 1 fully saturated rings. The molecule has 0 radical (unpaired) electrons. The number of rotatable bonds is 5. The molecule has 0 bridgehead atoms. The van der Waals surface area contributed by atoms with Crippen LogP contribution in [0.2, 0.25) is 0 Å². The number of benzene rings is 1. The van der Waals surface area contributed by atoms with E-state index in [0.29, 0.717) is 0 Å². The van der Waals surface area contributed by atoms with Gasteiger partial charge >= 0.3 is 0 Å². The number of hydrogen-bond acceptors (Lipinski definition) is 2. The molecular weight excluding hydrogens is 296 g/mol. The van der Waals surface area contributed by atoms with E-state index in [0.717, 1.165) is 38.5 Å². The molecule has 0 spiro atoms. The number of nitrogens with one attached hydrogen (secondary N) is 1. The van der Waals surface area contributed by atoms with Crippen molar-refractivity contribution in [1.82, 2.24) is 5.32 Å². The van der Waals surface area contributed by atoms with E-state index in [1.807, 2.05) is 6.07 Å². The molecule has 1 saturated carbocycles. The van der Waals surface area contributed by atoms with Gasteiger partial charge in [0.25, 0.3) is 0 Å². The lowest BCUT2D eigenvalue weighted by Crippen LogP contribution is -2.48. The van der Waals surface area contributed by atoms with Crippen molar-refractivity contribution in [2.24, 2.45) is 11.7 Å². The summed E-state index contributed by atoms with van der Waals surface area (Å²) in [6, 6.07) is 10.6. The molecular formula is C18H29ClN2O. The van der Waals surface area contributed by atoms with Crippen molar-refractivity contribution in [2.75, 3.05) is 0 Å². The largest absolute Gasteiger partial charge is 0.351 e. The van der Waals surface area contributed by atoms with Crippen LogP contribution in [0.15, 0.2) is 30.3 Å². The quantitative estimate of drug-likeness (QED) is 0.871. The molecule has 3 N–H and O–H groups in total. The number of carbonyl (C=O) groups excluding carboxylic acids is 1. The third kappa shape index (κ3) is 5.98. The summed E-state index contributed by atoms with van der Waals surface area (Å²) < 4.78 is 0. The Morgan fingerprint density at radius 3 is 2.59 bits per heavy atom. The summed E-state index contributed by atoms with van der Waals surface area (Å²) >= 11 is 0. The van der Waals surface area contributed by atoms with E-state index in [1.165, 1.54) is 5.56 Å². The zero-order chi connectivity index (χ0) is 15.3. The summed E-state index contributed by atoms with van der Waals surface area (Å²) in [6.45, 7) is 4.22. The van der Waals surface area contributed by atoms with Gasteiger partial charge in [-0.05, 0) is 51.5 Å². The van der Waals surface area contributed by atoms with Gasteiger partial charge in [0.1, 0.15) is 0 Å². The smallest absolute Gasteiger partial charge is 0.223 e. The summed E-state index contributed by atoms with van der Waals surface area (Å²) in [7, 11) is 0. The molecule has 2 atom stereocenters. The van der Waals surface area contributed by atoms with Gasteiger partial charge in [-0.3, -0.25) is 4.79 Å². The molecule has 0 heterocycles. The maximum Gasteiger partial charge on any atom is 0.223 e. The second kappa shape index (κ2) is 8.54. The second-order valence-corrected chi connectivity index (χ2v) is 6.98. The first-order valence-corrected chi connectivity index (χ1v) is 8.08. The first kappa shape index (κ1) is 19.0.